The van der Waals surface area contributed by atoms with E-state index in [0.29, 0.717) is 6.10 Å². The van der Waals surface area contributed by atoms with Crippen molar-refractivity contribution in [2.75, 3.05) is 19.7 Å². The second-order valence-corrected chi connectivity index (χ2v) is 2.96. The van der Waals surface area contributed by atoms with Gasteiger partial charge in [-0.1, -0.05) is 0 Å². The van der Waals surface area contributed by atoms with Crippen LogP contribution in [-0.4, -0.2) is 35.4 Å². The number of ether oxygens (including phenoxy) is 1. The Bertz CT molecular complexity index is 216. The largest absolute Gasteiger partial charge is 0.374 e. The van der Waals surface area contributed by atoms with E-state index in [1.165, 1.54) is 0 Å². The molecule has 1 aromatic heterocycles. The fourth-order valence-corrected chi connectivity index (χ4v) is 1.37. The summed E-state index contributed by atoms with van der Waals surface area (Å²) in [5, 5.41) is 3.29. The Hall–Kier alpha value is -0.870. The standard InChI is InChI=1S/C8H13N3O/c1-3-11(7-10-1)6-8-5-9-2-4-12-8/h1,3,7-9H,2,4-6H2/t8-/m1/s1. The van der Waals surface area contributed by atoms with E-state index in [1.807, 2.05) is 17.1 Å². The SMILES string of the molecule is c1cn(C[C@H]2CNCCO2)cn1. The minimum Gasteiger partial charge on any atom is -0.374 e. The van der Waals surface area contributed by atoms with Crippen LogP contribution in [0, 0.1) is 0 Å². The molecule has 1 N–H and O–H groups in total. The maximum atomic E-state index is 5.54. The second-order valence-electron chi connectivity index (χ2n) is 2.96. The zero-order chi connectivity index (χ0) is 8.23. The third-order valence-electron chi connectivity index (χ3n) is 1.98. The molecule has 0 radical (unpaired) electrons. The van der Waals surface area contributed by atoms with E-state index in [-0.39, 0.29) is 0 Å². The molecule has 1 aliphatic heterocycles. The molecule has 0 saturated carbocycles. The Morgan fingerprint density at radius 3 is 3.33 bits per heavy atom. The highest BCUT2D eigenvalue weighted by Crippen LogP contribution is 1.99. The van der Waals surface area contributed by atoms with Crippen molar-refractivity contribution >= 4 is 0 Å². The molecule has 0 bridgehead atoms. The van der Waals surface area contributed by atoms with E-state index in [4.69, 9.17) is 4.74 Å². The Morgan fingerprint density at radius 1 is 1.67 bits per heavy atom. The fourth-order valence-electron chi connectivity index (χ4n) is 1.37. The van der Waals surface area contributed by atoms with Gasteiger partial charge in [0.25, 0.3) is 0 Å². The Labute approximate surface area is 71.6 Å². The van der Waals surface area contributed by atoms with Gasteiger partial charge in [-0.25, -0.2) is 4.98 Å². The molecule has 66 valence electrons. The number of hydrogen-bond acceptors (Lipinski definition) is 3. The van der Waals surface area contributed by atoms with Gasteiger partial charge in [0, 0.05) is 25.5 Å². The van der Waals surface area contributed by atoms with Crippen molar-refractivity contribution in [1.82, 2.24) is 14.9 Å². The van der Waals surface area contributed by atoms with Gasteiger partial charge < -0.3 is 14.6 Å². The van der Waals surface area contributed by atoms with E-state index in [2.05, 4.69) is 10.3 Å². The average molecular weight is 167 g/mol. The van der Waals surface area contributed by atoms with Crippen LogP contribution in [0.15, 0.2) is 18.7 Å². The lowest BCUT2D eigenvalue weighted by atomic mass is 10.3. The summed E-state index contributed by atoms with van der Waals surface area (Å²) in [6.07, 6.45) is 5.86. The van der Waals surface area contributed by atoms with Crippen LogP contribution >= 0.6 is 0 Å². The van der Waals surface area contributed by atoms with E-state index < -0.39 is 0 Å². The summed E-state index contributed by atoms with van der Waals surface area (Å²) >= 11 is 0. The third kappa shape index (κ3) is 1.84. The summed E-state index contributed by atoms with van der Waals surface area (Å²) in [6.45, 7) is 3.63. The minimum absolute atomic E-state index is 0.299. The highest BCUT2D eigenvalue weighted by molar-refractivity contribution is 4.77. The van der Waals surface area contributed by atoms with Crippen molar-refractivity contribution in [1.29, 1.82) is 0 Å². The van der Waals surface area contributed by atoms with Crippen LogP contribution in [0.1, 0.15) is 0 Å². The normalized spacial score (nSPS) is 24.2. The first-order valence-electron chi connectivity index (χ1n) is 4.23. The van der Waals surface area contributed by atoms with Crippen LogP contribution in [0.5, 0.6) is 0 Å². The number of rotatable bonds is 2. The summed E-state index contributed by atoms with van der Waals surface area (Å²) < 4.78 is 7.58. The fraction of sp³-hybridized carbons (Fsp3) is 0.625. The van der Waals surface area contributed by atoms with Crippen molar-refractivity contribution in [3.63, 3.8) is 0 Å². The van der Waals surface area contributed by atoms with Gasteiger partial charge in [0.2, 0.25) is 0 Å². The average Bonchev–Trinajstić information content (AvgIpc) is 2.59. The maximum absolute atomic E-state index is 5.54. The lowest BCUT2D eigenvalue weighted by molar-refractivity contribution is 0.0182. The minimum atomic E-state index is 0.299. The molecule has 12 heavy (non-hydrogen) atoms. The Balaban J connectivity index is 1.86. The number of hydrogen-bond donors (Lipinski definition) is 1. The van der Waals surface area contributed by atoms with Gasteiger partial charge in [0.1, 0.15) is 0 Å². The molecule has 1 saturated heterocycles. The first-order valence-corrected chi connectivity index (χ1v) is 4.23. The smallest absolute Gasteiger partial charge is 0.0946 e. The predicted molar refractivity (Wildman–Crippen MR) is 44.8 cm³/mol. The number of nitrogens with zero attached hydrogens (tertiary/aromatic N) is 2. The highest BCUT2D eigenvalue weighted by atomic mass is 16.5. The molecule has 4 heteroatoms. The third-order valence-corrected chi connectivity index (χ3v) is 1.98. The second kappa shape index (κ2) is 3.69. The molecular formula is C8H13N3O. The number of nitrogens with one attached hydrogen (secondary N) is 1. The summed E-state index contributed by atoms with van der Waals surface area (Å²) in [5.41, 5.74) is 0. The van der Waals surface area contributed by atoms with Crippen LogP contribution < -0.4 is 5.32 Å². The summed E-state index contributed by atoms with van der Waals surface area (Å²) in [6, 6.07) is 0. The first kappa shape index (κ1) is 7.76. The number of morpholine rings is 1. The van der Waals surface area contributed by atoms with E-state index in [0.717, 1.165) is 26.2 Å². The lowest BCUT2D eigenvalue weighted by Crippen LogP contribution is -2.40. The predicted octanol–water partition coefficient (Wildman–Crippen LogP) is -0.129. The van der Waals surface area contributed by atoms with Crippen LogP contribution in [0.25, 0.3) is 0 Å². The molecule has 0 aliphatic carbocycles. The van der Waals surface area contributed by atoms with Crippen LogP contribution in [-0.2, 0) is 11.3 Å². The molecule has 2 rings (SSSR count). The molecule has 1 aromatic rings. The van der Waals surface area contributed by atoms with Gasteiger partial charge in [-0.05, 0) is 0 Å². The summed E-state index contributed by atoms with van der Waals surface area (Å²) in [4.78, 5) is 3.97. The van der Waals surface area contributed by atoms with Crippen LogP contribution in [0.3, 0.4) is 0 Å². The molecule has 0 amide bonds. The molecule has 0 unspecified atom stereocenters. The summed E-state index contributed by atoms with van der Waals surface area (Å²) in [5.74, 6) is 0. The Kier molecular flexibility index (Phi) is 2.39. The number of imidazole rings is 1. The molecule has 0 aromatic carbocycles. The molecule has 2 heterocycles. The van der Waals surface area contributed by atoms with Gasteiger partial charge in [0.05, 0.1) is 25.6 Å². The Morgan fingerprint density at radius 2 is 2.67 bits per heavy atom. The first-order chi connectivity index (χ1) is 5.95. The lowest BCUT2D eigenvalue weighted by Gasteiger charge is -2.23. The van der Waals surface area contributed by atoms with E-state index in [1.54, 1.807) is 6.20 Å². The molecule has 0 spiro atoms. The van der Waals surface area contributed by atoms with E-state index >= 15 is 0 Å². The topological polar surface area (TPSA) is 39.1 Å². The molecule has 1 fully saturated rings. The molecular weight excluding hydrogens is 154 g/mol. The zero-order valence-corrected chi connectivity index (χ0v) is 6.94. The van der Waals surface area contributed by atoms with Crippen LogP contribution in [0.2, 0.25) is 0 Å². The molecule has 1 aliphatic rings. The monoisotopic (exact) mass is 167 g/mol. The number of aromatic nitrogens is 2. The maximum Gasteiger partial charge on any atom is 0.0946 e. The van der Waals surface area contributed by atoms with Crippen molar-refractivity contribution in [3.8, 4) is 0 Å². The van der Waals surface area contributed by atoms with Crippen molar-refractivity contribution < 1.29 is 4.74 Å². The van der Waals surface area contributed by atoms with Gasteiger partial charge >= 0.3 is 0 Å². The van der Waals surface area contributed by atoms with E-state index in [9.17, 15) is 0 Å². The van der Waals surface area contributed by atoms with Gasteiger partial charge in [-0.15, -0.1) is 0 Å². The van der Waals surface area contributed by atoms with Crippen LogP contribution in [0.4, 0.5) is 0 Å². The summed E-state index contributed by atoms with van der Waals surface area (Å²) in [7, 11) is 0. The van der Waals surface area contributed by atoms with Crippen molar-refractivity contribution in [2.45, 2.75) is 12.6 Å². The molecule has 4 nitrogen and oxygen atoms in total. The zero-order valence-electron chi connectivity index (χ0n) is 6.94. The van der Waals surface area contributed by atoms with Gasteiger partial charge in [-0.3, -0.25) is 0 Å². The highest BCUT2D eigenvalue weighted by Gasteiger charge is 2.12. The van der Waals surface area contributed by atoms with Gasteiger partial charge in [0.15, 0.2) is 0 Å². The van der Waals surface area contributed by atoms with Crippen molar-refractivity contribution in [3.05, 3.63) is 18.7 Å². The van der Waals surface area contributed by atoms with Crippen molar-refractivity contribution in [2.24, 2.45) is 0 Å². The quantitative estimate of drug-likeness (QED) is 0.667. The molecule has 1 atom stereocenters. The van der Waals surface area contributed by atoms with Gasteiger partial charge in [-0.2, -0.15) is 0 Å².